The topological polar surface area (TPSA) is 66.2 Å². The number of nitrogens with one attached hydrogen (secondary N) is 1. The summed E-state index contributed by atoms with van der Waals surface area (Å²) in [6.45, 7) is 0. The standard InChI is InChI=1S/C5H3ClN4O/c6-4-2-3(8-1-7-2)5(11)10-9-4/h1,3H,(H,10,11). The van der Waals surface area contributed by atoms with Crippen LogP contribution in [0.3, 0.4) is 0 Å². The summed E-state index contributed by atoms with van der Waals surface area (Å²) < 4.78 is 0. The van der Waals surface area contributed by atoms with Gasteiger partial charge < -0.3 is 0 Å². The number of aliphatic imine (C=N–C) groups is 2. The highest BCUT2D eigenvalue weighted by molar-refractivity contribution is 6.86. The van der Waals surface area contributed by atoms with Crippen molar-refractivity contribution in [3.63, 3.8) is 0 Å². The quantitative estimate of drug-likeness (QED) is 0.524. The van der Waals surface area contributed by atoms with Gasteiger partial charge in [0.25, 0.3) is 5.91 Å². The van der Waals surface area contributed by atoms with E-state index in [1.54, 1.807) is 0 Å². The minimum atomic E-state index is -0.583. The fourth-order valence-electron chi connectivity index (χ4n) is 0.884. The zero-order valence-electron chi connectivity index (χ0n) is 5.28. The van der Waals surface area contributed by atoms with Crippen LogP contribution >= 0.6 is 11.6 Å². The van der Waals surface area contributed by atoms with Crippen LogP contribution in [0.4, 0.5) is 0 Å². The van der Waals surface area contributed by atoms with Crippen LogP contribution < -0.4 is 5.43 Å². The van der Waals surface area contributed by atoms with Crippen molar-refractivity contribution < 1.29 is 4.79 Å². The largest absolute Gasteiger partial charge is 0.271 e. The van der Waals surface area contributed by atoms with E-state index in [9.17, 15) is 4.79 Å². The first-order valence-corrected chi connectivity index (χ1v) is 3.29. The number of carbonyl (C=O) groups excluding carboxylic acids is 1. The van der Waals surface area contributed by atoms with Gasteiger partial charge >= 0.3 is 0 Å². The van der Waals surface area contributed by atoms with Gasteiger partial charge in [-0.25, -0.2) is 10.4 Å². The molecule has 1 unspecified atom stereocenters. The molecule has 11 heavy (non-hydrogen) atoms. The molecule has 2 aliphatic rings. The van der Waals surface area contributed by atoms with Gasteiger partial charge in [-0.2, -0.15) is 5.10 Å². The lowest BCUT2D eigenvalue weighted by molar-refractivity contribution is -0.120. The second-order valence-corrected chi connectivity index (χ2v) is 2.42. The molecule has 0 aromatic rings. The molecule has 0 saturated heterocycles. The molecular formula is C5H3ClN4O. The third kappa shape index (κ3) is 0.848. The molecule has 1 N–H and O–H groups in total. The molecule has 5 nitrogen and oxygen atoms in total. The van der Waals surface area contributed by atoms with Gasteiger partial charge in [-0.15, -0.1) is 0 Å². The first-order valence-electron chi connectivity index (χ1n) is 2.92. The molecule has 56 valence electrons. The van der Waals surface area contributed by atoms with Gasteiger partial charge in [-0.3, -0.25) is 9.79 Å². The van der Waals surface area contributed by atoms with E-state index in [1.165, 1.54) is 6.34 Å². The average molecular weight is 171 g/mol. The SMILES string of the molecule is O=C1NN=C(Cl)C2=NC=NC12. The fourth-order valence-corrected chi connectivity index (χ4v) is 1.08. The Kier molecular flexibility index (Phi) is 1.25. The van der Waals surface area contributed by atoms with E-state index in [4.69, 9.17) is 11.6 Å². The molecule has 2 heterocycles. The van der Waals surface area contributed by atoms with Crippen molar-refractivity contribution in [2.45, 2.75) is 6.04 Å². The van der Waals surface area contributed by atoms with Crippen LogP contribution in [0.2, 0.25) is 0 Å². The third-order valence-electron chi connectivity index (χ3n) is 1.40. The predicted molar refractivity (Wildman–Crippen MR) is 41.1 cm³/mol. The van der Waals surface area contributed by atoms with Gasteiger partial charge in [0.15, 0.2) is 11.2 Å². The minimum Gasteiger partial charge on any atom is -0.270 e. The monoisotopic (exact) mass is 170 g/mol. The third-order valence-corrected chi connectivity index (χ3v) is 1.67. The molecule has 2 rings (SSSR count). The van der Waals surface area contributed by atoms with Crippen molar-refractivity contribution in [1.82, 2.24) is 5.43 Å². The number of carbonyl (C=O) groups is 1. The van der Waals surface area contributed by atoms with Crippen LogP contribution in [-0.4, -0.2) is 29.2 Å². The van der Waals surface area contributed by atoms with Crippen molar-refractivity contribution >= 4 is 34.7 Å². The average Bonchev–Trinajstić information content (AvgIpc) is 2.45. The number of hydrazone groups is 1. The van der Waals surface area contributed by atoms with E-state index in [2.05, 4.69) is 20.5 Å². The molecule has 1 atom stereocenters. The predicted octanol–water partition coefficient (Wildman–Crippen LogP) is -0.480. The van der Waals surface area contributed by atoms with Crippen molar-refractivity contribution in [1.29, 1.82) is 0 Å². The van der Waals surface area contributed by atoms with Crippen LogP contribution in [-0.2, 0) is 4.79 Å². The Hall–Kier alpha value is -1.23. The highest BCUT2D eigenvalue weighted by atomic mass is 35.5. The van der Waals surface area contributed by atoms with E-state index in [0.717, 1.165) is 0 Å². The summed E-state index contributed by atoms with van der Waals surface area (Å²) in [7, 11) is 0. The van der Waals surface area contributed by atoms with Gasteiger partial charge in [0.2, 0.25) is 0 Å². The zero-order valence-corrected chi connectivity index (χ0v) is 6.04. The van der Waals surface area contributed by atoms with Gasteiger partial charge in [0.1, 0.15) is 12.1 Å². The first-order chi connectivity index (χ1) is 5.29. The number of halogens is 1. The molecular weight excluding hydrogens is 168 g/mol. The van der Waals surface area contributed by atoms with Crippen LogP contribution in [0.25, 0.3) is 0 Å². The number of rotatable bonds is 0. The lowest BCUT2D eigenvalue weighted by Crippen LogP contribution is -2.42. The first kappa shape index (κ1) is 6.48. The molecule has 0 radical (unpaired) electrons. The summed E-state index contributed by atoms with van der Waals surface area (Å²) in [5, 5.41) is 3.73. The van der Waals surface area contributed by atoms with E-state index in [0.29, 0.717) is 5.71 Å². The van der Waals surface area contributed by atoms with Crippen molar-refractivity contribution in [2.75, 3.05) is 0 Å². The summed E-state index contributed by atoms with van der Waals surface area (Å²) in [5.74, 6) is -0.290. The molecule has 0 fully saturated rings. The van der Waals surface area contributed by atoms with Gasteiger partial charge in [0, 0.05) is 0 Å². The summed E-state index contributed by atoms with van der Waals surface area (Å²) >= 11 is 5.61. The lowest BCUT2D eigenvalue weighted by atomic mass is 10.2. The number of hydrogen-bond donors (Lipinski definition) is 1. The highest BCUT2D eigenvalue weighted by Crippen LogP contribution is 2.09. The van der Waals surface area contributed by atoms with Crippen LogP contribution in [0.15, 0.2) is 15.1 Å². The smallest absolute Gasteiger partial charge is 0.270 e. The van der Waals surface area contributed by atoms with Crippen molar-refractivity contribution in [2.24, 2.45) is 15.1 Å². The van der Waals surface area contributed by atoms with Crippen molar-refractivity contribution in [3.05, 3.63) is 0 Å². The molecule has 0 aliphatic carbocycles. The zero-order chi connectivity index (χ0) is 7.84. The maximum Gasteiger partial charge on any atom is 0.271 e. The summed E-state index contributed by atoms with van der Waals surface area (Å²) in [4.78, 5) is 18.5. The molecule has 2 aliphatic heterocycles. The fraction of sp³-hybridized carbons (Fsp3) is 0.200. The molecule has 6 heteroatoms. The summed E-state index contributed by atoms with van der Waals surface area (Å²) in [5.41, 5.74) is 2.65. The number of fused-ring (bicyclic) bond motifs is 1. The molecule has 0 saturated carbocycles. The minimum absolute atomic E-state index is 0.201. The molecule has 0 aromatic carbocycles. The molecule has 0 bridgehead atoms. The Morgan fingerprint density at radius 3 is 3.18 bits per heavy atom. The Balaban J connectivity index is 2.44. The summed E-state index contributed by atoms with van der Waals surface area (Å²) in [6, 6.07) is -0.583. The Morgan fingerprint density at radius 2 is 2.45 bits per heavy atom. The molecule has 1 amide bonds. The summed E-state index contributed by atoms with van der Waals surface area (Å²) in [6.07, 6.45) is 1.31. The number of amides is 1. The Morgan fingerprint density at radius 1 is 1.64 bits per heavy atom. The van der Waals surface area contributed by atoms with E-state index in [1.807, 2.05) is 0 Å². The molecule has 0 aromatic heterocycles. The highest BCUT2D eigenvalue weighted by Gasteiger charge is 2.32. The van der Waals surface area contributed by atoms with Crippen molar-refractivity contribution in [3.8, 4) is 0 Å². The van der Waals surface area contributed by atoms with Crippen LogP contribution in [0.1, 0.15) is 0 Å². The maximum absolute atomic E-state index is 10.9. The van der Waals surface area contributed by atoms with Gasteiger partial charge in [-0.05, 0) is 0 Å². The Bertz CT molecular complexity index is 306. The van der Waals surface area contributed by atoms with Gasteiger partial charge in [-0.1, -0.05) is 11.6 Å². The Labute approximate surface area is 66.9 Å². The van der Waals surface area contributed by atoms with E-state index < -0.39 is 6.04 Å². The normalized spacial score (nSPS) is 27.4. The second kappa shape index (κ2) is 2.13. The second-order valence-electron chi connectivity index (χ2n) is 2.06. The van der Waals surface area contributed by atoms with Gasteiger partial charge in [0.05, 0.1) is 0 Å². The number of hydrogen-bond acceptors (Lipinski definition) is 4. The molecule has 0 spiro atoms. The lowest BCUT2D eigenvalue weighted by Gasteiger charge is -2.12. The van der Waals surface area contributed by atoms with Crippen LogP contribution in [0.5, 0.6) is 0 Å². The van der Waals surface area contributed by atoms with E-state index in [-0.39, 0.29) is 11.1 Å². The maximum atomic E-state index is 10.9. The number of nitrogens with zero attached hydrogens (tertiary/aromatic N) is 3. The van der Waals surface area contributed by atoms with E-state index >= 15 is 0 Å². The van der Waals surface area contributed by atoms with Crippen LogP contribution in [0, 0.1) is 0 Å².